The van der Waals surface area contributed by atoms with Crippen molar-refractivity contribution in [2.24, 2.45) is 5.92 Å². The van der Waals surface area contributed by atoms with Crippen LogP contribution < -0.4 is 15.4 Å². The standard InChI is InChI=1S/C19H20Br2N2O3/c1-12(2)9-18(24)22-14-4-6-15(7-5-14)23-19(25)11-26-17-8-3-13(20)10-16(17)21/h3-8,10,12H,9,11H2,1-2H3,(H,22,24)(H,23,25). The van der Waals surface area contributed by atoms with Gasteiger partial charge in [-0.3, -0.25) is 9.59 Å². The third-order valence-electron chi connectivity index (χ3n) is 3.30. The zero-order chi connectivity index (χ0) is 19.1. The van der Waals surface area contributed by atoms with Crippen LogP contribution in [0, 0.1) is 5.92 Å². The Balaban J connectivity index is 1.84. The minimum atomic E-state index is -0.267. The van der Waals surface area contributed by atoms with Gasteiger partial charge in [-0.2, -0.15) is 0 Å². The fourth-order valence-corrected chi connectivity index (χ4v) is 3.31. The lowest BCUT2D eigenvalue weighted by molar-refractivity contribution is -0.118. The predicted octanol–water partition coefficient (Wildman–Crippen LogP) is 5.21. The van der Waals surface area contributed by atoms with Crippen LogP contribution in [0.3, 0.4) is 0 Å². The van der Waals surface area contributed by atoms with E-state index in [9.17, 15) is 9.59 Å². The van der Waals surface area contributed by atoms with Crippen LogP contribution in [0.15, 0.2) is 51.4 Å². The lowest BCUT2D eigenvalue weighted by Gasteiger charge is -2.10. The molecule has 138 valence electrons. The average molecular weight is 484 g/mol. The SMILES string of the molecule is CC(C)CC(=O)Nc1ccc(NC(=O)COc2ccc(Br)cc2Br)cc1. The summed E-state index contributed by atoms with van der Waals surface area (Å²) >= 11 is 6.75. The van der Waals surface area contributed by atoms with Crippen LogP contribution in [0.2, 0.25) is 0 Å². The summed E-state index contributed by atoms with van der Waals surface area (Å²) in [4.78, 5) is 23.8. The number of rotatable bonds is 7. The molecule has 0 fully saturated rings. The van der Waals surface area contributed by atoms with Crippen molar-refractivity contribution in [3.8, 4) is 5.75 Å². The zero-order valence-electron chi connectivity index (χ0n) is 14.5. The summed E-state index contributed by atoms with van der Waals surface area (Å²) in [6.45, 7) is 3.88. The van der Waals surface area contributed by atoms with E-state index in [0.717, 1.165) is 8.95 Å². The summed E-state index contributed by atoms with van der Waals surface area (Å²) in [6, 6.07) is 12.4. The number of hydrogen-bond acceptors (Lipinski definition) is 3. The van der Waals surface area contributed by atoms with Gasteiger partial charge in [0.15, 0.2) is 6.61 Å². The van der Waals surface area contributed by atoms with Crippen molar-refractivity contribution in [2.75, 3.05) is 17.2 Å². The molecule has 2 N–H and O–H groups in total. The fourth-order valence-electron chi connectivity index (χ4n) is 2.15. The highest BCUT2D eigenvalue weighted by Gasteiger charge is 2.08. The summed E-state index contributed by atoms with van der Waals surface area (Å²) in [5.41, 5.74) is 1.33. The fraction of sp³-hybridized carbons (Fsp3) is 0.263. The maximum absolute atomic E-state index is 12.0. The third-order valence-corrected chi connectivity index (χ3v) is 4.41. The number of halogens is 2. The van der Waals surface area contributed by atoms with Gasteiger partial charge < -0.3 is 15.4 Å². The van der Waals surface area contributed by atoms with Crippen molar-refractivity contribution in [1.82, 2.24) is 0 Å². The molecule has 0 atom stereocenters. The second-order valence-electron chi connectivity index (χ2n) is 6.14. The van der Waals surface area contributed by atoms with Gasteiger partial charge in [0.25, 0.3) is 5.91 Å². The molecule has 2 aromatic carbocycles. The van der Waals surface area contributed by atoms with E-state index in [1.54, 1.807) is 30.3 Å². The number of hydrogen-bond donors (Lipinski definition) is 2. The number of amides is 2. The van der Waals surface area contributed by atoms with Gasteiger partial charge in [0.05, 0.1) is 4.47 Å². The van der Waals surface area contributed by atoms with E-state index >= 15 is 0 Å². The van der Waals surface area contributed by atoms with Crippen molar-refractivity contribution < 1.29 is 14.3 Å². The number of carbonyl (C=O) groups excluding carboxylic acids is 2. The first kappa shape index (κ1) is 20.5. The van der Waals surface area contributed by atoms with E-state index in [1.165, 1.54) is 0 Å². The Labute approximate surface area is 169 Å². The van der Waals surface area contributed by atoms with Gasteiger partial charge in [-0.1, -0.05) is 29.8 Å². The Morgan fingerprint density at radius 2 is 1.54 bits per heavy atom. The Hall–Kier alpha value is -1.86. The van der Waals surface area contributed by atoms with Gasteiger partial charge in [0.1, 0.15) is 5.75 Å². The minimum Gasteiger partial charge on any atom is -0.483 e. The molecule has 26 heavy (non-hydrogen) atoms. The summed E-state index contributed by atoms with van der Waals surface area (Å²) < 4.78 is 7.19. The molecular weight excluding hydrogens is 464 g/mol. The molecule has 5 nitrogen and oxygen atoms in total. The molecular formula is C19H20Br2N2O3. The monoisotopic (exact) mass is 482 g/mol. The Morgan fingerprint density at radius 3 is 2.08 bits per heavy atom. The highest BCUT2D eigenvalue weighted by molar-refractivity contribution is 9.11. The third kappa shape index (κ3) is 6.80. The normalized spacial score (nSPS) is 10.5. The van der Waals surface area contributed by atoms with Gasteiger partial charge in [0.2, 0.25) is 5.91 Å². The quantitative estimate of drug-likeness (QED) is 0.567. The summed E-state index contributed by atoms with van der Waals surface area (Å²) in [6.07, 6.45) is 0.474. The van der Waals surface area contributed by atoms with Crippen LogP contribution in [0.1, 0.15) is 20.3 Å². The highest BCUT2D eigenvalue weighted by atomic mass is 79.9. The minimum absolute atomic E-state index is 0.0229. The molecule has 0 bridgehead atoms. The van der Waals surface area contributed by atoms with Gasteiger partial charge in [-0.15, -0.1) is 0 Å². The molecule has 7 heteroatoms. The number of nitrogens with one attached hydrogen (secondary N) is 2. The van der Waals surface area contributed by atoms with Crippen molar-refractivity contribution >= 4 is 55.0 Å². The summed E-state index contributed by atoms with van der Waals surface area (Å²) in [5.74, 6) is 0.604. The van der Waals surface area contributed by atoms with Crippen LogP contribution in [-0.2, 0) is 9.59 Å². The maximum Gasteiger partial charge on any atom is 0.262 e. The number of anilines is 2. The number of carbonyl (C=O) groups is 2. The first-order valence-corrected chi connectivity index (χ1v) is 9.69. The predicted molar refractivity (Wildman–Crippen MR) is 110 cm³/mol. The van der Waals surface area contributed by atoms with Gasteiger partial charge in [-0.25, -0.2) is 0 Å². The van der Waals surface area contributed by atoms with E-state index in [0.29, 0.717) is 29.5 Å². The van der Waals surface area contributed by atoms with Crippen molar-refractivity contribution in [3.05, 3.63) is 51.4 Å². The molecule has 0 aliphatic carbocycles. The number of benzene rings is 2. The molecule has 0 spiro atoms. The Kier molecular flexibility index (Phi) is 7.66. The molecule has 2 rings (SSSR count). The van der Waals surface area contributed by atoms with Crippen LogP contribution in [0.25, 0.3) is 0 Å². The second-order valence-corrected chi connectivity index (χ2v) is 7.91. The van der Waals surface area contributed by atoms with E-state index in [-0.39, 0.29) is 18.4 Å². The van der Waals surface area contributed by atoms with Crippen LogP contribution >= 0.6 is 31.9 Å². The van der Waals surface area contributed by atoms with Gasteiger partial charge in [-0.05, 0) is 64.3 Å². The molecule has 0 saturated carbocycles. The molecule has 0 aliphatic rings. The molecule has 0 radical (unpaired) electrons. The van der Waals surface area contributed by atoms with E-state index < -0.39 is 0 Å². The molecule has 0 aromatic heterocycles. The van der Waals surface area contributed by atoms with Gasteiger partial charge in [0, 0.05) is 22.3 Å². The molecule has 0 heterocycles. The van der Waals surface area contributed by atoms with Crippen LogP contribution in [-0.4, -0.2) is 18.4 Å². The van der Waals surface area contributed by atoms with Crippen molar-refractivity contribution in [3.63, 3.8) is 0 Å². The average Bonchev–Trinajstić information content (AvgIpc) is 2.55. The Bertz CT molecular complexity index is 777. The van der Waals surface area contributed by atoms with Crippen molar-refractivity contribution in [2.45, 2.75) is 20.3 Å². The molecule has 0 aliphatic heterocycles. The first-order chi connectivity index (χ1) is 12.3. The smallest absolute Gasteiger partial charge is 0.262 e. The molecule has 0 unspecified atom stereocenters. The molecule has 2 amide bonds. The Morgan fingerprint density at radius 1 is 0.962 bits per heavy atom. The van der Waals surface area contributed by atoms with E-state index in [4.69, 9.17) is 4.74 Å². The number of ether oxygens (including phenoxy) is 1. The van der Waals surface area contributed by atoms with Crippen molar-refractivity contribution in [1.29, 1.82) is 0 Å². The lowest BCUT2D eigenvalue weighted by Crippen LogP contribution is -2.20. The molecule has 2 aromatic rings. The molecule has 0 saturated heterocycles. The lowest BCUT2D eigenvalue weighted by atomic mass is 10.1. The highest BCUT2D eigenvalue weighted by Crippen LogP contribution is 2.28. The summed E-state index contributed by atoms with van der Waals surface area (Å²) in [5, 5.41) is 5.58. The second kappa shape index (κ2) is 9.73. The maximum atomic E-state index is 12.0. The van der Waals surface area contributed by atoms with Gasteiger partial charge >= 0.3 is 0 Å². The largest absolute Gasteiger partial charge is 0.483 e. The van der Waals surface area contributed by atoms with Crippen LogP contribution in [0.5, 0.6) is 5.75 Å². The van der Waals surface area contributed by atoms with E-state index in [1.807, 2.05) is 26.0 Å². The topological polar surface area (TPSA) is 67.4 Å². The zero-order valence-corrected chi connectivity index (χ0v) is 17.7. The van der Waals surface area contributed by atoms with E-state index in [2.05, 4.69) is 42.5 Å². The summed E-state index contributed by atoms with van der Waals surface area (Å²) in [7, 11) is 0. The van der Waals surface area contributed by atoms with Crippen LogP contribution in [0.4, 0.5) is 11.4 Å². The first-order valence-electron chi connectivity index (χ1n) is 8.11.